The van der Waals surface area contributed by atoms with Gasteiger partial charge < -0.3 is 15.0 Å². The van der Waals surface area contributed by atoms with E-state index in [1.54, 1.807) is 13.0 Å². The quantitative estimate of drug-likeness (QED) is 0.920. The van der Waals surface area contributed by atoms with Crippen molar-refractivity contribution in [2.45, 2.75) is 20.0 Å². The number of piperazine rings is 1. The minimum atomic E-state index is -0.490. The van der Waals surface area contributed by atoms with E-state index in [-0.39, 0.29) is 5.91 Å². The molecule has 0 radical (unpaired) electrons. The zero-order chi connectivity index (χ0) is 13.8. The fraction of sp³-hybridized carbons (Fsp3) is 0.500. The van der Waals surface area contributed by atoms with E-state index < -0.39 is 6.10 Å². The molecule has 0 aromatic heterocycles. The Morgan fingerprint density at radius 1 is 1.42 bits per heavy atom. The molecule has 1 atom stereocenters. The smallest absolute Gasteiger partial charge is 0.263 e. The number of amides is 1. The van der Waals surface area contributed by atoms with Crippen LogP contribution in [0.25, 0.3) is 0 Å². The lowest BCUT2D eigenvalue weighted by atomic mass is 10.2. The number of rotatable bonds is 3. The normalized spacial score (nSPS) is 17.1. The van der Waals surface area contributed by atoms with E-state index in [0.29, 0.717) is 10.8 Å². The fourth-order valence-electron chi connectivity index (χ4n) is 2.08. The number of aryl methyl sites for hydroxylation is 1. The van der Waals surface area contributed by atoms with Crippen LogP contribution in [0.4, 0.5) is 0 Å². The van der Waals surface area contributed by atoms with Gasteiger partial charge in [-0.3, -0.25) is 4.79 Å². The second-order valence-corrected chi connectivity index (χ2v) is 5.18. The lowest BCUT2D eigenvalue weighted by Crippen LogP contribution is -2.50. The Bertz CT molecular complexity index is 459. The number of halogens is 1. The SMILES string of the molecule is Cc1ccc(Cl)cc1OC(C)C(=O)N1CCNCC1. The molecular weight excluding hydrogens is 264 g/mol. The first-order chi connectivity index (χ1) is 9.08. The van der Waals surface area contributed by atoms with Crippen molar-refractivity contribution in [2.24, 2.45) is 0 Å². The molecule has 1 aromatic rings. The highest BCUT2D eigenvalue weighted by Crippen LogP contribution is 2.23. The number of ether oxygens (including phenoxy) is 1. The number of carbonyl (C=O) groups excluding carboxylic acids is 1. The molecule has 1 aliphatic rings. The Morgan fingerprint density at radius 3 is 2.79 bits per heavy atom. The molecule has 0 saturated carbocycles. The standard InChI is InChI=1S/C14H19ClN2O2/c1-10-3-4-12(15)9-13(10)19-11(2)14(18)17-7-5-16-6-8-17/h3-4,9,11,16H,5-8H2,1-2H3. The van der Waals surface area contributed by atoms with Crippen LogP contribution >= 0.6 is 11.6 Å². The summed E-state index contributed by atoms with van der Waals surface area (Å²) in [5.41, 5.74) is 0.976. The maximum absolute atomic E-state index is 12.2. The van der Waals surface area contributed by atoms with Crippen LogP contribution in [0.15, 0.2) is 18.2 Å². The maximum Gasteiger partial charge on any atom is 0.263 e. The van der Waals surface area contributed by atoms with Crippen LogP contribution in [0, 0.1) is 6.92 Å². The molecule has 1 heterocycles. The monoisotopic (exact) mass is 282 g/mol. The summed E-state index contributed by atoms with van der Waals surface area (Å²) in [7, 11) is 0. The van der Waals surface area contributed by atoms with E-state index in [1.807, 2.05) is 24.0 Å². The van der Waals surface area contributed by atoms with Gasteiger partial charge >= 0.3 is 0 Å². The summed E-state index contributed by atoms with van der Waals surface area (Å²) in [6.07, 6.45) is -0.490. The molecule has 1 saturated heterocycles. The van der Waals surface area contributed by atoms with Crippen LogP contribution < -0.4 is 10.1 Å². The lowest BCUT2D eigenvalue weighted by molar-refractivity contribution is -0.138. The molecule has 4 nitrogen and oxygen atoms in total. The van der Waals surface area contributed by atoms with Crippen LogP contribution in [0.5, 0.6) is 5.75 Å². The van der Waals surface area contributed by atoms with Crippen LogP contribution in [0.2, 0.25) is 5.02 Å². The fourth-order valence-corrected chi connectivity index (χ4v) is 2.25. The molecule has 5 heteroatoms. The summed E-state index contributed by atoms with van der Waals surface area (Å²) in [4.78, 5) is 14.1. The summed E-state index contributed by atoms with van der Waals surface area (Å²) in [6.45, 7) is 6.88. The van der Waals surface area contributed by atoms with Crippen molar-refractivity contribution in [3.8, 4) is 5.75 Å². The van der Waals surface area contributed by atoms with Gasteiger partial charge in [-0.1, -0.05) is 17.7 Å². The zero-order valence-electron chi connectivity index (χ0n) is 11.3. The summed E-state index contributed by atoms with van der Waals surface area (Å²) >= 11 is 5.94. The van der Waals surface area contributed by atoms with Gasteiger partial charge in [-0.05, 0) is 31.5 Å². The predicted octanol–water partition coefficient (Wildman–Crippen LogP) is 1.85. The van der Waals surface area contributed by atoms with Crippen molar-refractivity contribution < 1.29 is 9.53 Å². The lowest BCUT2D eigenvalue weighted by Gasteiger charge is -2.30. The Balaban J connectivity index is 2.01. The summed E-state index contributed by atoms with van der Waals surface area (Å²) in [5.74, 6) is 0.698. The molecule has 1 aromatic carbocycles. The molecule has 1 aliphatic heterocycles. The van der Waals surface area contributed by atoms with Gasteiger partial charge in [0.25, 0.3) is 5.91 Å². The van der Waals surface area contributed by atoms with Gasteiger partial charge in [0.2, 0.25) is 0 Å². The molecule has 1 N–H and O–H groups in total. The second-order valence-electron chi connectivity index (χ2n) is 4.75. The van der Waals surface area contributed by atoms with Crippen molar-refractivity contribution in [1.29, 1.82) is 0 Å². The van der Waals surface area contributed by atoms with Crippen molar-refractivity contribution in [2.75, 3.05) is 26.2 Å². The molecule has 0 aliphatic carbocycles. The first-order valence-corrected chi connectivity index (χ1v) is 6.88. The third-order valence-electron chi connectivity index (χ3n) is 3.23. The van der Waals surface area contributed by atoms with E-state index in [2.05, 4.69) is 5.32 Å². The third kappa shape index (κ3) is 3.61. The third-order valence-corrected chi connectivity index (χ3v) is 3.47. The number of carbonyl (C=O) groups is 1. The van der Waals surface area contributed by atoms with E-state index in [1.165, 1.54) is 0 Å². The molecule has 2 rings (SSSR count). The highest BCUT2D eigenvalue weighted by Gasteiger charge is 2.23. The van der Waals surface area contributed by atoms with Gasteiger partial charge in [0.15, 0.2) is 6.10 Å². The Kier molecular flexibility index (Phi) is 4.66. The molecule has 0 bridgehead atoms. The summed E-state index contributed by atoms with van der Waals surface area (Å²) in [6, 6.07) is 5.45. The van der Waals surface area contributed by atoms with Crippen LogP contribution in [-0.2, 0) is 4.79 Å². The topological polar surface area (TPSA) is 41.6 Å². The summed E-state index contributed by atoms with van der Waals surface area (Å²) in [5, 5.41) is 3.84. The van der Waals surface area contributed by atoms with Gasteiger partial charge in [0.1, 0.15) is 5.75 Å². The van der Waals surface area contributed by atoms with E-state index >= 15 is 0 Å². The molecule has 19 heavy (non-hydrogen) atoms. The van der Waals surface area contributed by atoms with Crippen molar-refractivity contribution in [3.63, 3.8) is 0 Å². The molecule has 1 amide bonds. The molecular formula is C14H19ClN2O2. The largest absolute Gasteiger partial charge is 0.481 e. The van der Waals surface area contributed by atoms with E-state index in [9.17, 15) is 4.79 Å². The number of hydrogen-bond acceptors (Lipinski definition) is 3. The van der Waals surface area contributed by atoms with Gasteiger partial charge in [0, 0.05) is 31.2 Å². The average molecular weight is 283 g/mol. The number of benzene rings is 1. The number of nitrogens with one attached hydrogen (secondary N) is 1. The Hall–Kier alpha value is -1.26. The molecule has 0 spiro atoms. The molecule has 1 fully saturated rings. The zero-order valence-corrected chi connectivity index (χ0v) is 12.0. The predicted molar refractivity (Wildman–Crippen MR) is 75.7 cm³/mol. The van der Waals surface area contributed by atoms with E-state index in [4.69, 9.17) is 16.3 Å². The van der Waals surface area contributed by atoms with Gasteiger partial charge in [-0.15, -0.1) is 0 Å². The average Bonchev–Trinajstić information content (AvgIpc) is 2.43. The Morgan fingerprint density at radius 2 is 2.11 bits per heavy atom. The second kappa shape index (κ2) is 6.26. The first kappa shape index (κ1) is 14.2. The van der Waals surface area contributed by atoms with Crippen LogP contribution in [0.3, 0.4) is 0 Å². The molecule has 104 valence electrons. The van der Waals surface area contributed by atoms with Crippen LogP contribution in [0.1, 0.15) is 12.5 Å². The highest BCUT2D eigenvalue weighted by molar-refractivity contribution is 6.30. The first-order valence-electron chi connectivity index (χ1n) is 6.50. The van der Waals surface area contributed by atoms with Crippen LogP contribution in [-0.4, -0.2) is 43.1 Å². The van der Waals surface area contributed by atoms with Crippen molar-refractivity contribution >= 4 is 17.5 Å². The molecule has 1 unspecified atom stereocenters. The number of nitrogens with zero attached hydrogens (tertiary/aromatic N) is 1. The van der Waals surface area contributed by atoms with E-state index in [0.717, 1.165) is 31.7 Å². The number of hydrogen-bond donors (Lipinski definition) is 1. The summed E-state index contributed by atoms with van der Waals surface area (Å²) < 4.78 is 5.74. The van der Waals surface area contributed by atoms with Gasteiger partial charge in [-0.25, -0.2) is 0 Å². The minimum absolute atomic E-state index is 0.0286. The van der Waals surface area contributed by atoms with Gasteiger partial charge in [0.05, 0.1) is 0 Å². The van der Waals surface area contributed by atoms with Crippen molar-refractivity contribution in [3.05, 3.63) is 28.8 Å². The maximum atomic E-state index is 12.2. The Labute approximate surface area is 118 Å². The van der Waals surface area contributed by atoms with Crippen molar-refractivity contribution in [1.82, 2.24) is 10.2 Å². The minimum Gasteiger partial charge on any atom is -0.481 e. The highest BCUT2D eigenvalue weighted by atomic mass is 35.5. The van der Waals surface area contributed by atoms with Gasteiger partial charge in [-0.2, -0.15) is 0 Å².